The molecule has 0 saturated carbocycles. The quantitative estimate of drug-likeness (QED) is 0.629. The van der Waals surface area contributed by atoms with Gasteiger partial charge in [-0.25, -0.2) is 0 Å². The molecule has 1 fully saturated rings. The monoisotopic (exact) mass is 440 g/mol. The van der Waals surface area contributed by atoms with Crippen LogP contribution in [0.3, 0.4) is 0 Å². The van der Waals surface area contributed by atoms with Gasteiger partial charge in [-0.15, -0.1) is 0 Å². The van der Waals surface area contributed by atoms with Crippen LogP contribution in [0.4, 0.5) is 5.69 Å². The number of amides is 1. The maximum atomic E-state index is 12.0. The molecule has 0 spiro atoms. The molecular weight excluding hydrogens is 408 g/mol. The topological polar surface area (TPSA) is 77.1 Å². The van der Waals surface area contributed by atoms with Crippen molar-refractivity contribution in [3.05, 3.63) is 60.2 Å². The fourth-order valence-electron chi connectivity index (χ4n) is 3.40. The molecule has 1 N–H and O–H groups in total. The van der Waals surface area contributed by atoms with E-state index in [1.807, 2.05) is 75.4 Å². The highest BCUT2D eigenvalue weighted by Crippen LogP contribution is 2.24. The summed E-state index contributed by atoms with van der Waals surface area (Å²) < 4.78 is 16.9. The number of carbonyl (C=O) groups excluding carboxylic acids is 2. The minimum absolute atomic E-state index is 0.0629. The molecule has 2 aromatic carbocycles. The molecule has 7 nitrogen and oxygen atoms in total. The Hall–Kier alpha value is -2.90. The molecule has 1 heterocycles. The summed E-state index contributed by atoms with van der Waals surface area (Å²) in [5.74, 6) is 0.226. The summed E-state index contributed by atoms with van der Waals surface area (Å²) in [5, 5.41) is 2.79. The van der Waals surface area contributed by atoms with E-state index in [1.165, 1.54) is 0 Å². The van der Waals surface area contributed by atoms with Crippen LogP contribution in [0, 0.1) is 0 Å². The second-order valence-electron chi connectivity index (χ2n) is 8.77. The Kier molecular flexibility index (Phi) is 8.25. The van der Waals surface area contributed by atoms with Crippen molar-refractivity contribution in [3.63, 3.8) is 0 Å². The van der Waals surface area contributed by atoms with E-state index < -0.39 is 5.60 Å². The minimum atomic E-state index is -0.462. The lowest BCUT2D eigenvalue weighted by Crippen LogP contribution is -2.39. The van der Waals surface area contributed by atoms with Crippen LogP contribution in [0.1, 0.15) is 38.9 Å². The van der Waals surface area contributed by atoms with Crippen LogP contribution in [-0.4, -0.2) is 55.2 Å². The zero-order valence-electron chi connectivity index (χ0n) is 19.0. The van der Waals surface area contributed by atoms with E-state index in [4.69, 9.17) is 14.2 Å². The van der Waals surface area contributed by atoms with Crippen LogP contribution in [0.15, 0.2) is 54.6 Å². The maximum absolute atomic E-state index is 12.0. The summed E-state index contributed by atoms with van der Waals surface area (Å²) >= 11 is 0. The van der Waals surface area contributed by atoms with Crippen molar-refractivity contribution in [3.8, 4) is 5.75 Å². The Morgan fingerprint density at radius 1 is 1.09 bits per heavy atom. The van der Waals surface area contributed by atoms with Crippen molar-refractivity contribution < 1.29 is 23.8 Å². The number of benzene rings is 2. The Morgan fingerprint density at radius 2 is 1.81 bits per heavy atom. The van der Waals surface area contributed by atoms with E-state index in [-0.39, 0.29) is 24.6 Å². The lowest BCUT2D eigenvalue weighted by Gasteiger charge is -2.33. The number of hydrogen-bond acceptors (Lipinski definition) is 6. The summed E-state index contributed by atoms with van der Waals surface area (Å²) in [7, 11) is 0. The first-order valence-electron chi connectivity index (χ1n) is 10.9. The molecule has 0 radical (unpaired) electrons. The lowest BCUT2D eigenvalue weighted by molar-refractivity contribution is -0.155. The third kappa shape index (κ3) is 7.98. The maximum Gasteiger partial charge on any atom is 0.307 e. The molecule has 3 rings (SSSR count). The fraction of sp³-hybridized carbons (Fsp3) is 0.440. The second-order valence-corrected chi connectivity index (χ2v) is 8.77. The first kappa shape index (κ1) is 23.8. The number of morpholine rings is 1. The van der Waals surface area contributed by atoms with Gasteiger partial charge in [0.2, 0.25) is 0 Å². The molecule has 1 amide bonds. The average Bonchev–Trinajstić information content (AvgIpc) is 2.76. The highest BCUT2D eigenvalue weighted by Gasteiger charge is 2.23. The van der Waals surface area contributed by atoms with E-state index in [9.17, 15) is 9.59 Å². The van der Waals surface area contributed by atoms with Gasteiger partial charge in [0.15, 0.2) is 6.61 Å². The van der Waals surface area contributed by atoms with E-state index in [0.29, 0.717) is 31.9 Å². The first-order valence-corrected chi connectivity index (χ1v) is 10.9. The molecular formula is C25H32N2O5. The number of nitrogens with zero attached hydrogens (tertiary/aromatic N) is 1. The van der Waals surface area contributed by atoms with Crippen molar-refractivity contribution in [2.45, 2.75) is 38.9 Å². The normalized spacial score (nSPS) is 16.9. The van der Waals surface area contributed by atoms with Crippen LogP contribution in [0.5, 0.6) is 5.75 Å². The Morgan fingerprint density at radius 3 is 2.50 bits per heavy atom. The van der Waals surface area contributed by atoms with Crippen molar-refractivity contribution in [2.24, 2.45) is 0 Å². The zero-order chi connectivity index (χ0) is 23.0. The molecule has 172 valence electrons. The van der Waals surface area contributed by atoms with Crippen LogP contribution in [-0.2, 0) is 19.1 Å². The minimum Gasteiger partial charge on any atom is -0.484 e. The molecule has 0 aliphatic carbocycles. The zero-order valence-corrected chi connectivity index (χ0v) is 19.0. The number of carbonyl (C=O) groups is 2. The highest BCUT2D eigenvalue weighted by atomic mass is 16.6. The van der Waals surface area contributed by atoms with Crippen LogP contribution < -0.4 is 10.1 Å². The molecule has 1 aliphatic rings. The highest BCUT2D eigenvalue weighted by molar-refractivity contribution is 5.91. The number of esters is 1. The SMILES string of the molecule is CC(C)(C)OC(=O)CCN1CCOC(c2ccc(OCC(=O)Nc3ccccc3)cc2)C1. The number of anilines is 1. The Bertz CT molecular complexity index is 877. The summed E-state index contributed by atoms with van der Waals surface area (Å²) in [6.07, 6.45) is 0.291. The molecule has 32 heavy (non-hydrogen) atoms. The van der Waals surface area contributed by atoms with Gasteiger partial charge < -0.3 is 19.5 Å². The van der Waals surface area contributed by atoms with Crippen molar-refractivity contribution in [1.82, 2.24) is 4.90 Å². The van der Waals surface area contributed by atoms with Gasteiger partial charge in [0.05, 0.1) is 19.1 Å². The van der Waals surface area contributed by atoms with Crippen LogP contribution >= 0.6 is 0 Å². The predicted molar refractivity (Wildman–Crippen MR) is 123 cm³/mol. The third-order valence-electron chi connectivity index (χ3n) is 4.88. The predicted octanol–water partition coefficient (Wildman–Crippen LogP) is 3.81. The van der Waals surface area contributed by atoms with E-state index in [2.05, 4.69) is 10.2 Å². The molecule has 0 bridgehead atoms. The summed E-state index contributed by atoms with van der Waals surface area (Å²) in [5.41, 5.74) is 1.31. The number of rotatable bonds is 8. The number of hydrogen-bond donors (Lipinski definition) is 1. The van der Waals surface area contributed by atoms with Gasteiger partial charge in [0, 0.05) is 25.3 Å². The number of nitrogens with one attached hydrogen (secondary N) is 1. The van der Waals surface area contributed by atoms with Gasteiger partial charge in [-0.05, 0) is 50.6 Å². The van der Waals surface area contributed by atoms with E-state index >= 15 is 0 Å². The van der Waals surface area contributed by atoms with Crippen LogP contribution in [0.25, 0.3) is 0 Å². The molecule has 1 aliphatic heterocycles. The summed E-state index contributed by atoms with van der Waals surface area (Å²) in [6, 6.07) is 16.9. The number of ether oxygens (including phenoxy) is 3. The lowest BCUT2D eigenvalue weighted by atomic mass is 10.1. The van der Waals surface area contributed by atoms with Crippen molar-refractivity contribution in [1.29, 1.82) is 0 Å². The van der Waals surface area contributed by atoms with Crippen molar-refractivity contribution >= 4 is 17.6 Å². The largest absolute Gasteiger partial charge is 0.484 e. The first-order chi connectivity index (χ1) is 15.3. The Balaban J connectivity index is 1.44. The molecule has 7 heteroatoms. The summed E-state index contributed by atoms with van der Waals surface area (Å²) in [4.78, 5) is 26.2. The average molecular weight is 441 g/mol. The molecule has 0 aromatic heterocycles. The van der Waals surface area contributed by atoms with Gasteiger partial charge in [0.1, 0.15) is 11.4 Å². The smallest absolute Gasteiger partial charge is 0.307 e. The van der Waals surface area contributed by atoms with Gasteiger partial charge in [-0.2, -0.15) is 0 Å². The van der Waals surface area contributed by atoms with Gasteiger partial charge in [-0.3, -0.25) is 14.5 Å². The molecule has 1 saturated heterocycles. The van der Waals surface area contributed by atoms with Gasteiger partial charge in [0.25, 0.3) is 5.91 Å². The van der Waals surface area contributed by atoms with E-state index in [1.54, 1.807) is 0 Å². The van der Waals surface area contributed by atoms with Crippen LogP contribution in [0.2, 0.25) is 0 Å². The second kappa shape index (κ2) is 11.1. The number of para-hydroxylation sites is 1. The van der Waals surface area contributed by atoms with Gasteiger partial charge in [-0.1, -0.05) is 30.3 Å². The third-order valence-corrected chi connectivity index (χ3v) is 4.88. The fourth-order valence-corrected chi connectivity index (χ4v) is 3.40. The molecule has 2 aromatic rings. The van der Waals surface area contributed by atoms with Gasteiger partial charge >= 0.3 is 5.97 Å². The van der Waals surface area contributed by atoms with E-state index in [0.717, 1.165) is 17.8 Å². The Labute approximate surface area is 189 Å². The van der Waals surface area contributed by atoms with Crippen molar-refractivity contribution in [2.75, 3.05) is 38.2 Å². The summed E-state index contributed by atoms with van der Waals surface area (Å²) in [6.45, 7) is 8.31. The molecule has 1 unspecified atom stereocenters. The molecule has 1 atom stereocenters. The standard InChI is InChI=1S/C25H32N2O5/c1-25(2,3)32-24(29)13-14-27-15-16-30-22(17-27)19-9-11-21(12-10-19)31-18-23(28)26-20-7-5-4-6-8-20/h4-12,22H,13-18H2,1-3H3,(H,26,28).